The zero-order valence-electron chi connectivity index (χ0n) is 7.88. The van der Waals surface area contributed by atoms with E-state index in [0.29, 0.717) is 18.6 Å². The van der Waals surface area contributed by atoms with Crippen LogP contribution in [-0.2, 0) is 16.0 Å². The second kappa shape index (κ2) is 3.96. The molecule has 4 nitrogen and oxygen atoms in total. The molecule has 1 aromatic rings. The van der Waals surface area contributed by atoms with Gasteiger partial charge < -0.3 is 9.84 Å². The molecule has 0 aromatic heterocycles. The van der Waals surface area contributed by atoms with Crippen LogP contribution in [0.1, 0.15) is 5.56 Å². The average molecular weight is 203 g/mol. The predicted octanol–water partition coefficient (Wildman–Crippen LogP) is 1.58. The van der Waals surface area contributed by atoms with E-state index >= 15 is 0 Å². The zero-order chi connectivity index (χ0) is 10.7. The summed E-state index contributed by atoms with van der Waals surface area (Å²) in [6.07, 6.45) is 1.10. The fourth-order valence-corrected chi connectivity index (χ4v) is 1.29. The number of cyclic esters (lactones) is 1. The summed E-state index contributed by atoms with van der Waals surface area (Å²) >= 11 is 0. The lowest BCUT2D eigenvalue weighted by Crippen LogP contribution is -2.06. The fourth-order valence-electron chi connectivity index (χ4n) is 1.29. The molecule has 0 atom stereocenters. The standard InChI is InChI=1S/C11H9NO3/c13-7-9-11(14)15-10(12-9)6-8-4-2-1-3-5-8/h1-5,7,13H,6H2/b9-7+. The number of carbonyl (C=O) groups is 1. The molecule has 4 heteroatoms. The number of hydrogen-bond donors (Lipinski definition) is 1. The van der Waals surface area contributed by atoms with Gasteiger partial charge in [-0.3, -0.25) is 0 Å². The quantitative estimate of drug-likeness (QED) is 0.451. The lowest BCUT2D eigenvalue weighted by Gasteiger charge is -1.98. The third-order valence-electron chi connectivity index (χ3n) is 1.99. The van der Waals surface area contributed by atoms with Crippen molar-refractivity contribution in [1.29, 1.82) is 0 Å². The number of aliphatic imine (C=N–C) groups is 1. The lowest BCUT2D eigenvalue weighted by atomic mass is 10.1. The largest absolute Gasteiger partial charge is 0.513 e. The predicted molar refractivity (Wildman–Crippen MR) is 54.4 cm³/mol. The van der Waals surface area contributed by atoms with Crippen molar-refractivity contribution in [2.24, 2.45) is 4.99 Å². The number of carbonyl (C=O) groups excluding carboxylic acids is 1. The summed E-state index contributed by atoms with van der Waals surface area (Å²) in [5.74, 6) is -0.296. The van der Waals surface area contributed by atoms with Crippen molar-refractivity contribution < 1.29 is 14.6 Å². The van der Waals surface area contributed by atoms with Crippen LogP contribution in [0.15, 0.2) is 47.3 Å². The van der Waals surface area contributed by atoms with Crippen molar-refractivity contribution in [1.82, 2.24) is 0 Å². The minimum atomic E-state index is -0.608. The summed E-state index contributed by atoms with van der Waals surface area (Å²) < 4.78 is 4.85. The molecule has 0 bridgehead atoms. The molecule has 2 rings (SSSR count). The molecule has 76 valence electrons. The fraction of sp³-hybridized carbons (Fsp3) is 0.0909. The van der Waals surface area contributed by atoms with Gasteiger partial charge in [0.05, 0.1) is 0 Å². The van der Waals surface area contributed by atoms with Gasteiger partial charge in [0.1, 0.15) is 6.26 Å². The Hall–Kier alpha value is -2.10. The molecular formula is C11H9NO3. The van der Waals surface area contributed by atoms with Crippen molar-refractivity contribution in [3.05, 3.63) is 47.9 Å². The zero-order valence-corrected chi connectivity index (χ0v) is 7.88. The highest BCUT2D eigenvalue weighted by Gasteiger charge is 2.22. The Balaban J connectivity index is 2.13. The van der Waals surface area contributed by atoms with E-state index in [1.165, 1.54) is 0 Å². The Labute approximate surface area is 86.5 Å². The van der Waals surface area contributed by atoms with Crippen molar-refractivity contribution in [3.63, 3.8) is 0 Å². The van der Waals surface area contributed by atoms with Crippen LogP contribution in [0.5, 0.6) is 0 Å². The first kappa shape index (κ1) is 9.45. The molecule has 0 saturated carbocycles. The van der Waals surface area contributed by atoms with Crippen LogP contribution in [0.4, 0.5) is 0 Å². The first-order chi connectivity index (χ1) is 7.29. The molecular weight excluding hydrogens is 194 g/mol. The van der Waals surface area contributed by atoms with Crippen LogP contribution >= 0.6 is 0 Å². The summed E-state index contributed by atoms with van der Waals surface area (Å²) in [7, 11) is 0. The van der Waals surface area contributed by atoms with Gasteiger partial charge >= 0.3 is 5.97 Å². The molecule has 1 heterocycles. The van der Waals surface area contributed by atoms with Crippen LogP contribution in [0, 0.1) is 0 Å². The van der Waals surface area contributed by atoms with Gasteiger partial charge in [-0.2, -0.15) is 0 Å². The first-order valence-electron chi connectivity index (χ1n) is 4.47. The maximum Gasteiger partial charge on any atom is 0.366 e. The molecule has 1 aromatic carbocycles. The van der Waals surface area contributed by atoms with Gasteiger partial charge in [-0.05, 0) is 5.56 Å². The minimum absolute atomic E-state index is 0.0547. The van der Waals surface area contributed by atoms with Crippen molar-refractivity contribution >= 4 is 11.9 Å². The van der Waals surface area contributed by atoms with E-state index in [-0.39, 0.29) is 5.70 Å². The van der Waals surface area contributed by atoms with E-state index in [2.05, 4.69) is 4.99 Å². The summed E-state index contributed by atoms with van der Waals surface area (Å²) in [6, 6.07) is 9.53. The molecule has 0 spiro atoms. The van der Waals surface area contributed by atoms with Gasteiger partial charge in [-0.25, -0.2) is 9.79 Å². The molecule has 1 aliphatic heterocycles. The number of aliphatic hydroxyl groups excluding tert-OH is 1. The Morgan fingerprint density at radius 2 is 2.07 bits per heavy atom. The topological polar surface area (TPSA) is 58.9 Å². The Kier molecular flexibility index (Phi) is 2.49. The minimum Gasteiger partial charge on any atom is -0.513 e. The lowest BCUT2D eigenvalue weighted by molar-refractivity contribution is -0.130. The van der Waals surface area contributed by atoms with E-state index in [1.807, 2.05) is 30.3 Å². The highest BCUT2D eigenvalue weighted by Crippen LogP contribution is 2.13. The molecule has 0 radical (unpaired) electrons. The number of ether oxygens (including phenoxy) is 1. The number of aliphatic hydroxyl groups is 1. The smallest absolute Gasteiger partial charge is 0.366 e. The highest BCUT2D eigenvalue weighted by atomic mass is 16.6. The third kappa shape index (κ3) is 2.04. The maximum absolute atomic E-state index is 11.0. The van der Waals surface area contributed by atoms with Gasteiger partial charge in [0.2, 0.25) is 5.90 Å². The number of nitrogens with zero attached hydrogens (tertiary/aromatic N) is 1. The van der Waals surface area contributed by atoms with Gasteiger partial charge in [0.25, 0.3) is 0 Å². The SMILES string of the molecule is O=C1OC(Cc2ccccc2)=N/C1=C/O. The number of hydrogen-bond acceptors (Lipinski definition) is 4. The van der Waals surface area contributed by atoms with Gasteiger partial charge in [0, 0.05) is 6.42 Å². The second-order valence-corrected chi connectivity index (χ2v) is 3.07. The van der Waals surface area contributed by atoms with Gasteiger partial charge in [-0.15, -0.1) is 0 Å². The second-order valence-electron chi connectivity index (χ2n) is 3.07. The first-order valence-corrected chi connectivity index (χ1v) is 4.47. The van der Waals surface area contributed by atoms with Crippen LogP contribution in [0.2, 0.25) is 0 Å². The molecule has 0 unspecified atom stereocenters. The van der Waals surface area contributed by atoms with E-state index in [1.54, 1.807) is 0 Å². The molecule has 15 heavy (non-hydrogen) atoms. The number of benzene rings is 1. The molecule has 1 N–H and O–H groups in total. The maximum atomic E-state index is 11.0. The van der Waals surface area contributed by atoms with Crippen molar-refractivity contribution in [3.8, 4) is 0 Å². The van der Waals surface area contributed by atoms with Crippen LogP contribution in [0.25, 0.3) is 0 Å². The molecule has 0 amide bonds. The van der Waals surface area contributed by atoms with Crippen LogP contribution < -0.4 is 0 Å². The summed E-state index contributed by atoms with van der Waals surface area (Å²) in [4.78, 5) is 14.9. The Morgan fingerprint density at radius 1 is 1.33 bits per heavy atom. The highest BCUT2D eigenvalue weighted by molar-refractivity contribution is 6.04. The Morgan fingerprint density at radius 3 is 2.67 bits per heavy atom. The van der Waals surface area contributed by atoms with E-state index in [0.717, 1.165) is 5.56 Å². The Bertz CT molecular complexity index is 434. The third-order valence-corrected chi connectivity index (χ3v) is 1.99. The molecule has 0 aliphatic carbocycles. The monoisotopic (exact) mass is 203 g/mol. The van der Waals surface area contributed by atoms with Crippen molar-refractivity contribution in [2.75, 3.05) is 0 Å². The van der Waals surface area contributed by atoms with E-state index in [4.69, 9.17) is 9.84 Å². The van der Waals surface area contributed by atoms with Crippen molar-refractivity contribution in [2.45, 2.75) is 6.42 Å². The molecule has 0 saturated heterocycles. The molecule has 1 aliphatic rings. The summed E-state index contributed by atoms with van der Waals surface area (Å²) in [6.45, 7) is 0. The van der Waals surface area contributed by atoms with Gasteiger partial charge in [-0.1, -0.05) is 30.3 Å². The van der Waals surface area contributed by atoms with Gasteiger partial charge in [0.15, 0.2) is 5.70 Å². The number of esters is 1. The normalized spacial score (nSPS) is 17.7. The average Bonchev–Trinajstić information content (AvgIpc) is 2.60. The van der Waals surface area contributed by atoms with Crippen LogP contribution in [0.3, 0.4) is 0 Å². The van der Waals surface area contributed by atoms with E-state index in [9.17, 15) is 4.79 Å². The number of rotatable bonds is 2. The van der Waals surface area contributed by atoms with E-state index < -0.39 is 5.97 Å². The van der Waals surface area contributed by atoms with Crippen LogP contribution in [-0.4, -0.2) is 17.0 Å². The summed E-state index contributed by atoms with van der Waals surface area (Å²) in [5, 5.41) is 8.65. The molecule has 0 fully saturated rings. The summed E-state index contributed by atoms with van der Waals surface area (Å²) in [5.41, 5.74) is 0.948.